The smallest absolute Gasteiger partial charge is 0.397 e. The molecule has 0 aromatic heterocycles. The van der Waals surface area contributed by atoms with Gasteiger partial charge in [-0.3, -0.25) is 9.35 Å². The van der Waals surface area contributed by atoms with Crippen LogP contribution < -0.4 is 0 Å². The standard InChI is InChI=1S/C31H58O12S/c1-3-5-7-9-10-11-12-13-14-15-17-19-21-39-23-25(41-27(33)20-18-16-8-6-4-2)24-40-31-29(35)30(43-44(36,37)38)28(34)26(22-32)42-31/h9-10,25-26,28-32,34-35H,3-8,11-24H2,1-2H3,(H,36,37,38)/b10-9-. The molecule has 12 nitrogen and oxygen atoms in total. The van der Waals surface area contributed by atoms with Gasteiger partial charge >= 0.3 is 16.4 Å². The second-order valence-corrected chi connectivity index (χ2v) is 12.5. The van der Waals surface area contributed by atoms with Crippen LogP contribution in [0.4, 0.5) is 0 Å². The van der Waals surface area contributed by atoms with Gasteiger partial charge in [0, 0.05) is 13.0 Å². The molecule has 0 bridgehead atoms. The lowest BCUT2D eigenvalue weighted by atomic mass is 9.99. The summed E-state index contributed by atoms with van der Waals surface area (Å²) >= 11 is 0. The van der Waals surface area contributed by atoms with Crippen LogP contribution in [-0.2, 0) is 38.3 Å². The van der Waals surface area contributed by atoms with Gasteiger partial charge in [0.05, 0.1) is 19.8 Å². The molecule has 0 radical (unpaired) electrons. The molecule has 13 heteroatoms. The number of unbranched alkanes of at least 4 members (excludes halogenated alkanes) is 12. The predicted molar refractivity (Wildman–Crippen MR) is 165 cm³/mol. The topological polar surface area (TPSA) is 178 Å². The number of carbonyl (C=O) groups is 1. The molecule has 0 amide bonds. The van der Waals surface area contributed by atoms with Gasteiger partial charge in [-0.1, -0.05) is 90.2 Å². The van der Waals surface area contributed by atoms with Gasteiger partial charge in [-0.15, -0.1) is 0 Å². The van der Waals surface area contributed by atoms with Gasteiger partial charge in [-0.25, -0.2) is 4.18 Å². The van der Waals surface area contributed by atoms with Crippen LogP contribution in [0, 0.1) is 0 Å². The maximum Gasteiger partial charge on any atom is 0.397 e. The molecule has 0 aromatic rings. The van der Waals surface area contributed by atoms with Gasteiger partial charge in [-0.05, 0) is 32.1 Å². The summed E-state index contributed by atoms with van der Waals surface area (Å²) in [6.45, 7) is 3.80. The average molecular weight is 655 g/mol. The number of hydrogen-bond acceptors (Lipinski definition) is 11. The number of ether oxygens (including phenoxy) is 4. The molecule has 1 aliphatic heterocycles. The molecule has 0 aliphatic carbocycles. The Kier molecular flexibility index (Phi) is 23.2. The van der Waals surface area contributed by atoms with E-state index in [1.54, 1.807) is 0 Å². The Labute approximate surface area is 264 Å². The molecule has 44 heavy (non-hydrogen) atoms. The summed E-state index contributed by atoms with van der Waals surface area (Å²) in [6.07, 6.45) is 11.7. The van der Waals surface area contributed by atoms with E-state index in [9.17, 15) is 28.5 Å². The number of esters is 1. The van der Waals surface area contributed by atoms with Crippen molar-refractivity contribution in [1.82, 2.24) is 0 Å². The van der Waals surface area contributed by atoms with Gasteiger partial charge in [0.1, 0.15) is 30.5 Å². The Morgan fingerprint density at radius 3 is 2.11 bits per heavy atom. The molecule has 0 spiro atoms. The zero-order valence-corrected chi connectivity index (χ0v) is 27.5. The maximum absolute atomic E-state index is 12.5. The fraction of sp³-hybridized carbons (Fsp3) is 0.903. The van der Waals surface area contributed by atoms with Crippen molar-refractivity contribution >= 4 is 16.4 Å². The zero-order chi connectivity index (χ0) is 32.6. The van der Waals surface area contributed by atoms with Gasteiger partial charge in [-0.2, -0.15) is 8.42 Å². The van der Waals surface area contributed by atoms with Crippen molar-refractivity contribution in [1.29, 1.82) is 0 Å². The first-order chi connectivity index (χ1) is 21.1. The van der Waals surface area contributed by atoms with Crippen LogP contribution in [0.3, 0.4) is 0 Å². The number of hydrogen-bond donors (Lipinski definition) is 4. The van der Waals surface area contributed by atoms with Crippen molar-refractivity contribution in [3.05, 3.63) is 12.2 Å². The van der Waals surface area contributed by atoms with E-state index >= 15 is 0 Å². The lowest BCUT2D eigenvalue weighted by Gasteiger charge is -2.41. The molecular formula is C31H58O12S. The first-order valence-corrected chi connectivity index (χ1v) is 17.8. The molecule has 1 aliphatic rings. The molecule has 1 fully saturated rings. The van der Waals surface area contributed by atoms with Crippen LogP contribution in [0.5, 0.6) is 0 Å². The quantitative estimate of drug-likeness (QED) is 0.0425. The highest BCUT2D eigenvalue weighted by Gasteiger charge is 2.48. The largest absolute Gasteiger partial charge is 0.457 e. The molecule has 260 valence electrons. The zero-order valence-electron chi connectivity index (χ0n) is 26.7. The third-order valence-corrected chi connectivity index (χ3v) is 7.85. The maximum atomic E-state index is 12.5. The molecule has 1 rings (SSSR count). The predicted octanol–water partition coefficient (Wildman–Crippen LogP) is 4.40. The number of rotatable bonds is 27. The van der Waals surface area contributed by atoms with E-state index in [0.717, 1.165) is 51.4 Å². The Balaban J connectivity index is 2.54. The third-order valence-electron chi connectivity index (χ3n) is 7.39. The molecule has 0 aromatic carbocycles. The average Bonchev–Trinajstić information content (AvgIpc) is 2.98. The van der Waals surface area contributed by atoms with Crippen molar-refractivity contribution in [3.8, 4) is 0 Å². The monoisotopic (exact) mass is 654 g/mol. The third kappa shape index (κ3) is 19.4. The van der Waals surface area contributed by atoms with E-state index in [1.807, 2.05) is 0 Å². The van der Waals surface area contributed by atoms with Crippen molar-refractivity contribution in [2.24, 2.45) is 0 Å². The van der Waals surface area contributed by atoms with Crippen LogP contribution >= 0.6 is 0 Å². The molecule has 6 unspecified atom stereocenters. The van der Waals surface area contributed by atoms with Crippen LogP contribution in [0.25, 0.3) is 0 Å². The van der Waals surface area contributed by atoms with Gasteiger partial charge < -0.3 is 34.3 Å². The van der Waals surface area contributed by atoms with Crippen molar-refractivity contribution in [2.75, 3.05) is 26.4 Å². The first-order valence-electron chi connectivity index (χ1n) is 16.4. The van der Waals surface area contributed by atoms with Crippen LogP contribution in [0.2, 0.25) is 0 Å². The highest BCUT2D eigenvalue weighted by atomic mass is 32.3. The summed E-state index contributed by atoms with van der Waals surface area (Å²) in [5.74, 6) is -0.416. The fourth-order valence-corrected chi connectivity index (χ4v) is 5.34. The molecule has 4 N–H and O–H groups in total. The van der Waals surface area contributed by atoms with Crippen molar-refractivity contribution < 1.29 is 56.2 Å². The van der Waals surface area contributed by atoms with E-state index in [2.05, 4.69) is 30.2 Å². The Morgan fingerprint density at radius 2 is 1.45 bits per heavy atom. The summed E-state index contributed by atoms with van der Waals surface area (Å²) in [6, 6.07) is 0. The van der Waals surface area contributed by atoms with Crippen molar-refractivity contribution in [3.63, 3.8) is 0 Å². The fourth-order valence-electron chi connectivity index (χ4n) is 4.83. The number of carbonyl (C=O) groups excluding carboxylic acids is 1. The van der Waals surface area contributed by atoms with E-state index in [0.29, 0.717) is 13.0 Å². The Morgan fingerprint density at radius 1 is 0.841 bits per heavy atom. The number of aliphatic hydroxyl groups excluding tert-OH is 3. The van der Waals surface area contributed by atoms with E-state index < -0.39 is 59.8 Å². The SMILES string of the molecule is CCCC/C=C\CCCCCCCCOCC(COC1OC(CO)C(O)C(OS(=O)(=O)O)C1O)OC(=O)CCCCCCC. The van der Waals surface area contributed by atoms with Crippen LogP contribution in [-0.4, -0.2) is 97.5 Å². The van der Waals surface area contributed by atoms with Gasteiger partial charge in [0.15, 0.2) is 6.29 Å². The molecule has 6 atom stereocenters. The minimum absolute atomic E-state index is 0.0335. The minimum atomic E-state index is -5.04. The Hall–Kier alpha value is -1.16. The summed E-state index contributed by atoms with van der Waals surface area (Å²) in [4.78, 5) is 12.5. The highest BCUT2D eigenvalue weighted by Crippen LogP contribution is 2.26. The molecule has 1 heterocycles. The van der Waals surface area contributed by atoms with Crippen LogP contribution in [0.15, 0.2) is 12.2 Å². The lowest BCUT2D eigenvalue weighted by Crippen LogP contribution is -2.60. The normalized spacial score (nSPS) is 23.3. The molecule has 1 saturated heterocycles. The van der Waals surface area contributed by atoms with Gasteiger partial charge in [0.2, 0.25) is 0 Å². The van der Waals surface area contributed by atoms with E-state index in [4.69, 9.17) is 23.5 Å². The van der Waals surface area contributed by atoms with Crippen LogP contribution in [0.1, 0.15) is 117 Å². The molecular weight excluding hydrogens is 596 g/mol. The van der Waals surface area contributed by atoms with E-state index in [1.165, 1.54) is 38.5 Å². The van der Waals surface area contributed by atoms with Gasteiger partial charge in [0.25, 0.3) is 0 Å². The van der Waals surface area contributed by atoms with Crippen molar-refractivity contribution in [2.45, 2.75) is 153 Å². The second-order valence-electron chi connectivity index (χ2n) is 11.4. The second kappa shape index (κ2) is 25.0. The summed E-state index contributed by atoms with van der Waals surface area (Å²) in [5, 5.41) is 30.3. The minimum Gasteiger partial charge on any atom is -0.457 e. The number of allylic oxidation sites excluding steroid dienone is 2. The number of aliphatic hydroxyl groups is 3. The lowest BCUT2D eigenvalue weighted by molar-refractivity contribution is -0.301. The summed E-state index contributed by atoms with van der Waals surface area (Å²) in [7, 11) is -5.04. The highest BCUT2D eigenvalue weighted by molar-refractivity contribution is 7.80. The summed E-state index contributed by atoms with van der Waals surface area (Å²) in [5.41, 5.74) is 0. The van der Waals surface area contributed by atoms with E-state index in [-0.39, 0.29) is 19.6 Å². The first kappa shape index (κ1) is 40.9. The Bertz CT molecular complexity index is 853. The molecule has 0 saturated carbocycles. The summed E-state index contributed by atoms with van der Waals surface area (Å²) < 4.78 is 58.2.